The lowest BCUT2D eigenvalue weighted by atomic mass is 10.00. The van der Waals surface area contributed by atoms with E-state index in [-0.39, 0.29) is 11.9 Å². The fraction of sp³-hybridized carbons (Fsp3) is 0.438. The Labute approximate surface area is 123 Å². The van der Waals surface area contributed by atoms with E-state index in [1.165, 1.54) is 24.1 Å². The van der Waals surface area contributed by atoms with E-state index in [1.54, 1.807) is 0 Å². The van der Waals surface area contributed by atoms with E-state index in [2.05, 4.69) is 41.1 Å². The number of rotatable bonds is 4. The maximum absolute atomic E-state index is 12.3. The van der Waals surface area contributed by atoms with Crippen LogP contribution in [0.5, 0.6) is 0 Å². The first-order valence-corrected chi connectivity index (χ1v) is 7.98. The zero-order chi connectivity index (χ0) is 13.7. The van der Waals surface area contributed by atoms with Gasteiger partial charge in [-0.3, -0.25) is 4.79 Å². The highest BCUT2D eigenvalue weighted by Gasteiger charge is 2.24. The predicted molar refractivity (Wildman–Crippen MR) is 82.0 cm³/mol. The number of carbonyl (C=O) groups excluding carboxylic acids is 1. The Morgan fingerprint density at radius 2 is 2.05 bits per heavy atom. The third-order valence-corrected chi connectivity index (χ3v) is 4.11. The molecule has 0 spiro atoms. The lowest BCUT2D eigenvalue weighted by Crippen LogP contribution is -2.34. The predicted octanol–water partition coefficient (Wildman–Crippen LogP) is 4.43. The van der Waals surface area contributed by atoms with Gasteiger partial charge in [0.2, 0.25) is 5.91 Å². The summed E-state index contributed by atoms with van der Waals surface area (Å²) in [5, 5.41) is 0.377. The number of benzene rings is 1. The minimum Gasteiger partial charge on any atom is -0.309 e. The third-order valence-electron chi connectivity index (χ3n) is 3.63. The number of allylic oxidation sites excluding steroid dienone is 2. The van der Waals surface area contributed by atoms with Gasteiger partial charge in [0.15, 0.2) is 0 Å². The van der Waals surface area contributed by atoms with Crippen molar-refractivity contribution in [2.24, 2.45) is 0 Å². The summed E-state index contributed by atoms with van der Waals surface area (Å²) in [6.45, 7) is 2.10. The first kappa shape index (κ1) is 14.3. The molecule has 0 aliphatic heterocycles. The summed E-state index contributed by atoms with van der Waals surface area (Å²) < 4.78 is 0. The molecule has 1 aliphatic carbocycles. The van der Waals surface area contributed by atoms with Gasteiger partial charge < -0.3 is 4.90 Å². The van der Waals surface area contributed by atoms with Crippen LogP contribution in [-0.2, 0) is 4.79 Å². The van der Waals surface area contributed by atoms with Crippen molar-refractivity contribution in [2.75, 3.05) is 5.33 Å². The monoisotopic (exact) mass is 321 g/mol. The van der Waals surface area contributed by atoms with Crippen molar-refractivity contribution in [3.8, 4) is 0 Å². The number of hydrogen-bond acceptors (Lipinski definition) is 1. The second-order valence-corrected chi connectivity index (χ2v) is 5.49. The molecule has 0 saturated heterocycles. The third kappa shape index (κ3) is 3.47. The van der Waals surface area contributed by atoms with E-state index in [0.29, 0.717) is 5.33 Å². The first-order chi connectivity index (χ1) is 9.24. The summed E-state index contributed by atoms with van der Waals surface area (Å²) in [7, 11) is 0. The van der Waals surface area contributed by atoms with Crippen molar-refractivity contribution in [2.45, 2.75) is 38.6 Å². The van der Waals surface area contributed by atoms with Crippen LogP contribution in [-0.4, -0.2) is 16.1 Å². The number of alkyl halides is 1. The summed E-state index contributed by atoms with van der Waals surface area (Å²) in [5.74, 6) is 0.143. The quantitative estimate of drug-likeness (QED) is 0.751. The molecule has 2 nitrogen and oxygen atoms in total. The van der Waals surface area contributed by atoms with Gasteiger partial charge in [0.25, 0.3) is 0 Å². The van der Waals surface area contributed by atoms with Crippen molar-refractivity contribution < 1.29 is 4.79 Å². The van der Waals surface area contributed by atoms with Gasteiger partial charge in [0, 0.05) is 5.70 Å². The Balaban J connectivity index is 2.27. The summed E-state index contributed by atoms with van der Waals surface area (Å²) in [6, 6.07) is 10.3. The highest BCUT2D eigenvalue weighted by molar-refractivity contribution is 9.09. The van der Waals surface area contributed by atoms with Gasteiger partial charge in [-0.15, -0.1) is 0 Å². The number of hydrogen-bond donors (Lipinski definition) is 0. The van der Waals surface area contributed by atoms with Crippen LogP contribution >= 0.6 is 15.9 Å². The minimum absolute atomic E-state index is 0.0931. The van der Waals surface area contributed by atoms with E-state index in [0.717, 1.165) is 12.8 Å². The Hall–Kier alpha value is -1.09. The first-order valence-electron chi connectivity index (χ1n) is 6.86. The van der Waals surface area contributed by atoms with Crippen molar-refractivity contribution in [1.82, 2.24) is 4.90 Å². The molecule has 0 bridgehead atoms. The van der Waals surface area contributed by atoms with Crippen LogP contribution in [0.3, 0.4) is 0 Å². The average Bonchev–Trinajstić information content (AvgIpc) is 2.49. The van der Waals surface area contributed by atoms with Crippen LogP contribution in [0.2, 0.25) is 0 Å². The van der Waals surface area contributed by atoms with E-state index < -0.39 is 0 Å². The Morgan fingerprint density at radius 1 is 1.32 bits per heavy atom. The standard InChI is InChI=1S/C16H20BrNO/c1-13(14-8-4-2-5-9-14)18(16(19)12-17)15-10-6-3-7-11-15/h2,4-5,8-10,13H,3,6-7,11-12H2,1H3/t13-/m0/s1. The average molecular weight is 322 g/mol. The van der Waals surface area contributed by atoms with Crippen LogP contribution < -0.4 is 0 Å². The van der Waals surface area contributed by atoms with Crippen LogP contribution in [0.1, 0.15) is 44.2 Å². The highest BCUT2D eigenvalue weighted by atomic mass is 79.9. The molecule has 0 fully saturated rings. The van der Waals surface area contributed by atoms with Gasteiger partial charge in [0.05, 0.1) is 11.4 Å². The molecule has 1 aromatic carbocycles. The Morgan fingerprint density at radius 3 is 2.63 bits per heavy atom. The van der Waals surface area contributed by atoms with Crippen LogP contribution in [0.25, 0.3) is 0 Å². The molecule has 19 heavy (non-hydrogen) atoms. The molecule has 1 atom stereocenters. The van der Waals surface area contributed by atoms with E-state index in [9.17, 15) is 4.79 Å². The van der Waals surface area contributed by atoms with Crippen molar-refractivity contribution in [3.05, 3.63) is 47.7 Å². The number of nitrogens with zero attached hydrogens (tertiary/aromatic N) is 1. The van der Waals surface area contributed by atoms with Gasteiger partial charge in [-0.2, -0.15) is 0 Å². The minimum atomic E-state index is 0.0931. The largest absolute Gasteiger partial charge is 0.309 e. The van der Waals surface area contributed by atoms with Crippen LogP contribution in [0, 0.1) is 0 Å². The SMILES string of the molecule is C[C@@H](c1ccccc1)N(C(=O)CBr)C1=CCCCC1. The highest BCUT2D eigenvalue weighted by Crippen LogP contribution is 2.30. The second kappa shape index (κ2) is 6.90. The fourth-order valence-electron chi connectivity index (χ4n) is 2.61. The molecule has 0 saturated carbocycles. The van der Waals surface area contributed by atoms with Crippen molar-refractivity contribution in [3.63, 3.8) is 0 Å². The summed E-state index contributed by atoms with van der Waals surface area (Å²) >= 11 is 3.30. The maximum atomic E-state index is 12.3. The molecule has 102 valence electrons. The van der Waals surface area contributed by atoms with E-state index in [1.807, 2.05) is 23.1 Å². The van der Waals surface area contributed by atoms with Gasteiger partial charge in [-0.25, -0.2) is 0 Å². The normalized spacial score (nSPS) is 16.6. The van der Waals surface area contributed by atoms with E-state index >= 15 is 0 Å². The fourth-order valence-corrected chi connectivity index (χ4v) is 2.88. The maximum Gasteiger partial charge on any atom is 0.237 e. The molecule has 0 heterocycles. The van der Waals surface area contributed by atoms with Gasteiger partial charge in [0.1, 0.15) is 0 Å². The molecule has 0 aromatic heterocycles. The van der Waals surface area contributed by atoms with Crippen LogP contribution in [0.4, 0.5) is 0 Å². The molecule has 1 aliphatic rings. The number of carbonyl (C=O) groups is 1. The molecule has 0 N–H and O–H groups in total. The summed E-state index contributed by atoms with van der Waals surface area (Å²) in [4.78, 5) is 14.2. The van der Waals surface area contributed by atoms with Crippen molar-refractivity contribution >= 4 is 21.8 Å². The lowest BCUT2D eigenvalue weighted by Gasteiger charge is -2.33. The molecule has 3 heteroatoms. The molecular formula is C16H20BrNO. The zero-order valence-electron chi connectivity index (χ0n) is 11.3. The van der Waals surface area contributed by atoms with E-state index in [4.69, 9.17) is 0 Å². The molecule has 1 aromatic rings. The second-order valence-electron chi connectivity index (χ2n) is 4.93. The Bertz CT molecular complexity index is 455. The molecule has 2 rings (SSSR count). The summed E-state index contributed by atoms with van der Waals surface area (Å²) in [5.41, 5.74) is 2.37. The van der Waals surface area contributed by atoms with Gasteiger partial charge in [-0.05, 0) is 38.2 Å². The molecule has 0 unspecified atom stereocenters. The number of halogens is 1. The topological polar surface area (TPSA) is 20.3 Å². The molecule has 0 radical (unpaired) electrons. The smallest absolute Gasteiger partial charge is 0.237 e. The lowest BCUT2D eigenvalue weighted by molar-refractivity contribution is -0.128. The van der Waals surface area contributed by atoms with Gasteiger partial charge in [-0.1, -0.05) is 52.3 Å². The Kier molecular flexibility index (Phi) is 5.20. The number of amides is 1. The molecule has 1 amide bonds. The van der Waals surface area contributed by atoms with Crippen LogP contribution in [0.15, 0.2) is 42.1 Å². The van der Waals surface area contributed by atoms with Crippen molar-refractivity contribution in [1.29, 1.82) is 0 Å². The zero-order valence-corrected chi connectivity index (χ0v) is 12.9. The molecular weight excluding hydrogens is 302 g/mol. The summed E-state index contributed by atoms with van der Waals surface area (Å²) in [6.07, 6.45) is 6.74. The van der Waals surface area contributed by atoms with Gasteiger partial charge >= 0.3 is 0 Å².